The van der Waals surface area contributed by atoms with Gasteiger partial charge in [-0.2, -0.15) is 0 Å². The number of nitrogens with one attached hydrogen (secondary N) is 3. The van der Waals surface area contributed by atoms with Crippen LogP contribution in [0.5, 0.6) is 0 Å². The van der Waals surface area contributed by atoms with Crippen LogP contribution in [0.15, 0.2) is 30.3 Å². The number of benzene rings is 1. The quantitative estimate of drug-likeness (QED) is 0.667. The smallest absolute Gasteiger partial charge is 0.244 e. The molecule has 0 aromatic heterocycles. The van der Waals surface area contributed by atoms with Crippen molar-refractivity contribution >= 4 is 11.8 Å². The lowest BCUT2D eigenvalue weighted by Gasteiger charge is -2.17. The summed E-state index contributed by atoms with van der Waals surface area (Å²) >= 11 is 0. The van der Waals surface area contributed by atoms with Gasteiger partial charge in [-0.3, -0.25) is 9.59 Å². The number of hydrogen-bond donors (Lipinski definition) is 3. The van der Waals surface area contributed by atoms with Gasteiger partial charge in [0.25, 0.3) is 0 Å². The second-order valence-corrected chi connectivity index (χ2v) is 4.26. The van der Waals surface area contributed by atoms with Crippen LogP contribution < -0.4 is 16.0 Å². The molecule has 2 amide bonds. The maximum absolute atomic E-state index is 12.0. The zero-order valence-electron chi connectivity index (χ0n) is 11.4. The molecule has 0 saturated carbocycles. The van der Waals surface area contributed by atoms with Gasteiger partial charge in [-0.05, 0) is 12.1 Å². The molecular weight excluding hydrogens is 242 g/mol. The molecule has 0 aliphatic carbocycles. The Labute approximate surface area is 113 Å². The Balaban J connectivity index is 2.48. The fraction of sp³-hybridized carbons (Fsp3) is 0.429. The van der Waals surface area contributed by atoms with Gasteiger partial charge in [-0.15, -0.1) is 0 Å². The number of rotatable bonds is 7. The minimum Gasteiger partial charge on any atom is -0.350 e. The third-order valence-corrected chi connectivity index (χ3v) is 2.60. The lowest BCUT2D eigenvalue weighted by Crippen LogP contribution is -2.51. The van der Waals surface area contributed by atoms with E-state index < -0.39 is 6.04 Å². The van der Waals surface area contributed by atoms with Gasteiger partial charge >= 0.3 is 0 Å². The van der Waals surface area contributed by atoms with E-state index >= 15 is 0 Å². The van der Waals surface area contributed by atoms with Gasteiger partial charge in [0.1, 0.15) is 6.04 Å². The Morgan fingerprint density at radius 3 is 2.47 bits per heavy atom. The summed E-state index contributed by atoms with van der Waals surface area (Å²) in [5.41, 5.74) is 1.03. The van der Waals surface area contributed by atoms with Gasteiger partial charge in [0, 0.05) is 20.0 Å². The topological polar surface area (TPSA) is 70.2 Å². The summed E-state index contributed by atoms with van der Waals surface area (Å²) in [6.07, 6.45) is 0. The molecule has 1 aromatic rings. The molecule has 3 N–H and O–H groups in total. The van der Waals surface area contributed by atoms with Crippen LogP contribution in [-0.4, -0.2) is 30.9 Å². The second kappa shape index (κ2) is 8.26. The highest BCUT2D eigenvalue weighted by Gasteiger charge is 2.18. The molecule has 0 aliphatic rings. The molecule has 5 heteroatoms. The van der Waals surface area contributed by atoms with Gasteiger partial charge in [-0.1, -0.05) is 37.3 Å². The molecule has 1 aromatic carbocycles. The van der Waals surface area contributed by atoms with Crippen molar-refractivity contribution in [2.75, 3.05) is 13.1 Å². The van der Waals surface area contributed by atoms with Crippen molar-refractivity contribution in [3.05, 3.63) is 35.9 Å². The number of carbonyl (C=O) groups excluding carboxylic acids is 2. The Hall–Kier alpha value is -1.88. The lowest BCUT2D eigenvalue weighted by atomic mass is 10.2. The van der Waals surface area contributed by atoms with Gasteiger partial charge in [0.15, 0.2) is 0 Å². The molecule has 0 radical (unpaired) electrons. The van der Waals surface area contributed by atoms with Crippen LogP contribution in [0.25, 0.3) is 0 Å². The molecule has 0 saturated heterocycles. The molecule has 0 heterocycles. The van der Waals surface area contributed by atoms with Crippen molar-refractivity contribution in [3.8, 4) is 0 Å². The van der Waals surface area contributed by atoms with Crippen molar-refractivity contribution in [1.29, 1.82) is 0 Å². The Bertz CT molecular complexity index is 406. The fourth-order valence-electron chi connectivity index (χ4n) is 1.65. The zero-order valence-corrected chi connectivity index (χ0v) is 11.4. The summed E-state index contributed by atoms with van der Waals surface area (Å²) in [5.74, 6) is -0.391. The molecule has 0 bridgehead atoms. The van der Waals surface area contributed by atoms with Crippen LogP contribution in [0, 0.1) is 0 Å². The van der Waals surface area contributed by atoms with E-state index in [-0.39, 0.29) is 11.8 Å². The SMILES string of the molecule is CCNC[C@H](NC(C)=O)C(=O)NCc1ccccc1. The molecule has 19 heavy (non-hydrogen) atoms. The first-order valence-corrected chi connectivity index (χ1v) is 6.43. The summed E-state index contributed by atoms with van der Waals surface area (Å²) in [5, 5.41) is 8.51. The Morgan fingerprint density at radius 1 is 1.21 bits per heavy atom. The molecule has 104 valence electrons. The number of hydrogen-bond acceptors (Lipinski definition) is 3. The van der Waals surface area contributed by atoms with Crippen molar-refractivity contribution in [2.45, 2.75) is 26.4 Å². The highest BCUT2D eigenvalue weighted by Crippen LogP contribution is 1.97. The largest absolute Gasteiger partial charge is 0.350 e. The van der Waals surface area contributed by atoms with E-state index in [4.69, 9.17) is 0 Å². The third kappa shape index (κ3) is 6.01. The third-order valence-electron chi connectivity index (χ3n) is 2.60. The monoisotopic (exact) mass is 263 g/mol. The van der Waals surface area contributed by atoms with Crippen LogP contribution in [-0.2, 0) is 16.1 Å². The number of carbonyl (C=O) groups is 2. The van der Waals surface area contributed by atoms with Gasteiger partial charge in [0.05, 0.1) is 0 Å². The van der Waals surface area contributed by atoms with E-state index in [2.05, 4.69) is 16.0 Å². The van der Waals surface area contributed by atoms with Crippen molar-refractivity contribution in [2.24, 2.45) is 0 Å². The highest BCUT2D eigenvalue weighted by atomic mass is 16.2. The first-order chi connectivity index (χ1) is 9.13. The molecule has 1 rings (SSSR count). The fourth-order valence-corrected chi connectivity index (χ4v) is 1.65. The maximum Gasteiger partial charge on any atom is 0.244 e. The first kappa shape index (κ1) is 15.2. The van der Waals surface area contributed by atoms with E-state index in [0.717, 1.165) is 12.1 Å². The average molecular weight is 263 g/mol. The molecule has 0 unspecified atom stereocenters. The predicted octanol–water partition coefficient (Wildman–Crippen LogP) is 0.417. The normalized spacial score (nSPS) is 11.7. The van der Waals surface area contributed by atoms with E-state index in [1.165, 1.54) is 6.92 Å². The van der Waals surface area contributed by atoms with Gasteiger partial charge in [-0.25, -0.2) is 0 Å². The van der Waals surface area contributed by atoms with Gasteiger partial charge < -0.3 is 16.0 Å². The van der Waals surface area contributed by atoms with Crippen molar-refractivity contribution < 1.29 is 9.59 Å². The summed E-state index contributed by atoms with van der Waals surface area (Å²) < 4.78 is 0. The average Bonchev–Trinajstić information content (AvgIpc) is 2.41. The minimum absolute atomic E-state index is 0.181. The van der Waals surface area contributed by atoms with E-state index in [1.54, 1.807) is 0 Å². The lowest BCUT2D eigenvalue weighted by molar-refractivity contribution is -0.128. The van der Waals surface area contributed by atoms with Crippen LogP contribution >= 0.6 is 0 Å². The van der Waals surface area contributed by atoms with E-state index in [9.17, 15) is 9.59 Å². The molecule has 5 nitrogen and oxygen atoms in total. The Kier molecular flexibility index (Phi) is 6.60. The van der Waals surface area contributed by atoms with Gasteiger partial charge in [0.2, 0.25) is 11.8 Å². The van der Waals surface area contributed by atoms with E-state index in [0.29, 0.717) is 13.1 Å². The van der Waals surface area contributed by atoms with Crippen LogP contribution in [0.4, 0.5) is 0 Å². The molecule has 0 aliphatic heterocycles. The first-order valence-electron chi connectivity index (χ1n) is 6.43. The van der Waals surface area contributed by atoms with Crippen LogP contribution in [0.3, 0.4) is 0 Å². The van der Waals surface area contributed by atoms with Crippen LogP contribution in [0.1, 0.15) is 19.4 Å². The summed E-state index contributed by atoms with van der Waals surface area (Å²) in [7, 11) is 0. The van der Waals surface area contributed by atoms with Crippen molar-refractivity contribution in [1.82, 2.24) is 16.0 Å². The summed E-state index contributed by atoms with van der Waals surface area (Å²) in [4.78, 5) is 23.1. The second-order valence-electron chi connectivity index (χ2n) is 4.26. The van der Waals surface area contributed by atoms with E-state index in [1.807, 2.05) is 37.3 Å². The Morgan fingerprint density at radius 2 is 1.89 bits per heavy atom. The summed E-state index contributed by atoms with van der Waals surface area (Å²) in [6, 6.07) is 9.12. The molecule has 0 fully saturated rings. The standard InChI is InChI=1S/C14H21N3O2/c1-3-15-10-13(17-11(2)18)14(19)16-9-12-7-5-4-6-8-12/h4-8,13,15H,3,9-10H2,1-2H3,(H,16,19)(H,17,18)/t13-/m0/s1. The zero-order chi connectivity index (χ0) is 14.1. The number of amides is 2. The molecular formula is C14H21N3O2. The molecule has 1 atom stereocenters. The minimum atomic E-state index is -0.541. The summed E-state index contributed by atoms with van der Waals surface area (Å²) in [6.45, 7) is 5.00. The predicted molar refractivity (Wildman–Crippen MR) is 74.4 cm³/mol. The van der Waals surface area contributed by atoms with Crippen LogP contribution in [0.2, 0.25) is 0 Å². The maximum atomic E-state index is 12.0. The molecule has 0 spiro atoms. The number of likely N-dealkylation sites (N-methyl/N-ethyl adjacent to an activating group) is 1. The van der Waals surface area contributed by atoms with Crippen molar-refractivity contribution in [3.63, 3.8) is 0 Å². The highest BCUT2D eigenvalue weighted by molar-refractivity contribution is 5.87.